The summed E-state index contributed by atoms with van der Waals surface area (Å²) >= 11 is 0. The van der Waals surface area contributed by atoms with Gasteiger partial charge in [0.15, 0.2) is 17.3 Å². The normalized spacial score (nSPS) is 10.6. The number of rotatable bonds is 4. The van der Waals surface area contributed by atoms with Crippen LogP contribution in [0.15, 0.2) is 12.1 Å². The minimum Gasteiger partial charge on any atom is -0.432 e. The van der Waals surface area contributed by atoms with Crippen molar-refractivity contribution in [2.45, 2.75) is 26.9 Å². The van der Waals surface area contributed by atoms with E-state index in [9.17, 15) is 18.0 Å². The monoisotopic (exact) mass is 232 g/mol. The average molecular weight is 232 g/mol. The highest BCUT2D eigenvalue weighted by atomic mass is 19.3. The van der Waals surface area contributed by atoms with Gasteiger partial charge in [0.05, 0.1) is 5.56 Å². The van der Waals surface area contributed by atoms with Gasteiger partial charge in [-0.05, 0) is 25.0 Å². The van der Waals surface area contributed by atoms with Gasteiger partial charge in [-0.3, -0.25) is 4.79 Å². The minimum absolute atomic E-state index is 0.180. The molecular weight excluding hydrogens is 221 g/mol. The van der Waals surface area contributed by atoms with Crippen LogP contribution in [0.3, 0.4) is 0 Å². The van der Waals surface area contributed by atoms with E-state index >= 15 is 0 Å². The number of carbonyl (C=O) groups is 1. The molecule has 1 rings (SSSR count). The highest BCUT2D eigenvalue weighted by Gasteiger charge is 2.19. The molecule has 0 amide bonds. The maximum absolute atomic E-state index is 13.7. The molecule has 16 heavy (non-hydrogen) atoms. The number of alkyl halides is 2. The lowest BCUT2D eigenvalue weighted by Gasteiger charge is -2.11. The van der Waals surface area contributed by atoms with Crippen molar-refractivity contribution in [3.05, 3.63) is 29.1 Å². The second-order valence-corrected chi connectivity index (χ2v) is 3.20. The average Bonchev–Trinajstić information content (AvgIpc) is 2.19. The Morgan fingerprint density at radius 1 is 1.44 bits per heavy atom. The van der Waals surface area contributed by atoms with Crippen molar-refractivity contribution in [2.75, 3.05) is 0 Å². The SMILES string of the molecule is CCc1ccc(OC(F)F)c(F)c1C(C)=O. The maximum atomic E-state index is 13.7. The Hall–Kier alpha value is -1.52. The van der Waals surface area contributed by atoms with Crippen LogP contribution >= 0.6 is 0 Å². The Kier molecular flexibility index (Phi) is 3.93. The zero-order chi connectivity index (χ0) is 12.3. The van der Waals surface area contributed by atoms with Crippen molar-refractivity contribution in [2.24, 2.45) is 0 Å². The molecule has 0 aliphatic carbocycles. The lowest BCUT2D eigenvalue weighted by atomic mass is 10.0. The number of hydrogen-bond acceptors (Lipinski definition) is 2. The van der Waals surface area contributed by atoms with E-state index in [0.29, 0.717) is 12.0 Å². The molecule has 0 saturated heterocycles. The maximum Gasteiger partial charge on any atom is 0.387 e. The summed E-state index contributed by atoms with van der Waals surface area (Å²) < 4.78 is 41.5. The summed E-state index contributed by atoms with van der Waals surface area (Å²) in [4.78, 5) is 11.2. The molecule has 0 aromatic heterocycles. The third-order valence-corrected chi connectivity index (χ3v) is 2.14. The number of carbonyl (C=O) groups excluding carboxylic acids is 1. The fourth-order valence-electron chi connectivity index (χ4n) is 1.46. The summed E-state index contributed by atoms with van der Waals surface area (Å²) in [6, 6.07) is 2.52. The van der Waals surface area contributed by atoms with Crippen molar-refractivity contribution >= 4 is 5.78 Å². The largest absolute Gasteiger partial charge is 0.432 e. The second-order valence-electron chi connectivity index (χ2n) is 3.20. The second kappa shape index (κ2) is 5.01. The first-order valence-corrected chi connectivity index (χ1v) is 4.74. The number of Topliss-reactive ketones (excluding diaryl/α,β-unsaturated/α-hetero) is 1. The van der Waals surface area contributed by atoms with Crippen molar-refractivity contribution < 1.29 is 22.7 Å². The van der Waals surface area contributed by atoms with Crippen molar-refractivity contribution in [1.29, 1.82) is 0 Å². The first-order chi connectivity index (χ1) is 7.47. The number of ketones is 1. The van der Waals surface area contributed by atoms with Gasteiger partial charge in [-0.1, -0.05) is 13.0 Å². The van der Waals surface area contributed by atoms with Gasteiger partial charge in [-0.25, -0.2) is 4.39 Å². The van der Waals surface area contributed by atoms with Crippen molar-refractivity contribution in [1.82, 2.24) is 0 Å². The van der Waals surface area contributed by atoms with E-state index < -0.39 is 24.0 Å². The molecule has 0 radical (unpaired) electrons. The molecule has 0 saturated carbocycles. The van der Waals surface area contributed by atoms with E-state index in [4.69, 9.17) is 0 Å². The molecule has 0 fully saturated rings. The van der Waals surface area contributed by atoms with Crippen LogP contribution in [-0.2, 0) is 6.42 Å². The Labute approximate surface area is 91.0 Å². The minimum atomic E-state index is -3.11. The fraction of sp³-hybridized carbons (Fsp3) is 0.364. The molecule has 0 aliphatic heterocycles. The van der Waals surface area contributed by atoms with Gasteiger partial charge in [0, 0.05) is 0 Å². The fourth-order valence-corrected chi connectivity index (χ4v) is 1.46. The zero-order valence-corrected chi connectivity index (χ0v) is 8.89. The number of aryl methyl sites for hydroxylation is 1. The molecule has 2 nitrogen and oxygen atoms in total. The molecule has 0 unspecified atom stereocenters. The summed E-state index contributed by atoms with van der Waals surface area (Å²) in [6.07, 6.45) is 0.445. The first kappa shape index (κ1) is 12.5. The number of ether oxygens (including phenoxy) is 1. The van der Waals surface area contributed by atoms with Crippen LogP contribution in [0.4, 0.5) is 13.2 Å². The Balaban J connectivity index is 3.26. The molecule has 0 spiro atoms. The Morgan fingerprint density at radius 2 is 2.06 bits per heavy atom. The highest BCUT2D eigenvalue weighted by molar-refractivity contribution is 5.96. The summed E-state index contributed by atoms with van der Waals surface area (Å²) in [5.74, 6) is -2.13. The van der Waals surface area contributed by atoms with Gasteiger partial charge in [0.2, 0.25) is 0 Å². The summed E-state index contributed by atoms with van der Waals surface area (Å²) in [7, 11) is 0. The predicted molar refractivity (Wildman–Crippen MR) is 52.4 cm³/mol. The van der Waals surface area contributed by atoms with Gasteiger partial charge < -0.3 is 4.74 Å². The lowest BCUT2D eigenvalue weighted by molar-refractivity contribution is -0.0522. The van der Waals surface area contributed by atoms with Crippen molar-refractivity contribution in [3.8, 4) is 5.75 Å². The summed E-state index contributed by atoms with van der Waals surface area (Å²) in [5, 5.41) is 0. The summed E-state index contributed by atoms with van der Waals surface area (Å²) in [5.41, 5.74) is 0.298. The number of benzene rings is 1. The molecule has 0 N–H and O–H groups in total. The van der Waals surface area contributed by atoms with Gasteiger partial charge in [-0.15, -0.1) is 0 Å². The van der Waals surface area contributed by atoms with Gasteiger partial charge in [-0.2, -0.15) is 8.78 Å². The van der Waals surface area contributed by atoms with Gasteiger partial charge >= 0.3 is 6.61 Å². The summed E-state index contributed by atoms with van der Waals surface area (Å²) in [6.45, 7) is -0.180. The Morgan fingerprint density at radius 3 is 2.50 bits per heavy atom. The van der Waals surface area contributed by atoms with Crippen LogP contribution in [0, 0.1) is 5.82 Å². The highest BCUT2D eigenvalue weighted by Crippen LogP contribution is 2.26. The molecule has 0 bridgehead atoms. The number of hydrogen-bond donors (Lipinski definition) is 0. The molecule has 0 atom stereocenters. The third-order valence-electron chi connectivity index (χ3n) is 2.14. The van der Waals surface area contributed by atoms with Gasteiger partial charge in [0.25, 0.3) is 0 Å². The van der Waals surface area contributed by atoms with E-state index in [1.807, 2.05) is 0 Å². The predicted octanol–water partition coefficient (Wildman–Crippen LogP) is 3.19. The van der Waals surface area contributed by atoms with Gasteiger partial charge in [0.1, 0.15) is 0 Å². The topological polar surface area (TPSA) is 26.3 Å². The van der Waals surface area contributed by atoms with E-state index in [2.05, 4.69) is 4.74 Å². The van der Waals surface area contributed by atoms with Crippen LogP contribution in [0.2, 0.25) is 0 Å². The quantitative estimate of drug-likeness (QED) is 0.745. The zero-order valence-electron chi connectivity index (χ0n) is 8.89. The molecule has 88 valence electrons. The Bertz CT molecular complexity index is 402. The molecule has 1 aromatic rings. The molecule has 1 aromatic carbocycles. The van der Waals surface area contributed by atoms with E-state index in [-0.39, 0.29) is 5.56 Å². The standard InChI is InChI=1S/C11H11F3O2/c1-3-7-4-5-8(16-11(13)14)10(12)9(7)6(2)15/h4-5,11H,3H2,1-2H3. The van der Waals surface area contributed by atoms with Crippen LogP contribution in [0.25, 0.3) is 0 Å². The third kappa shape index (κ3) is 2.53. The number of halogens is 3. The van der Waals surface area contributed by atoms with E-state index in [1.54, 1.807) is 6.92 Å². The first-order valence-electron chi connectivity index (χ1n) is 4.74. The molecular formula is C11H11F3O2. The molecule has 0 aliphatic rings. The molecule has 0 heterocycles. The van der Waals surface area contributed by atoms with Crippen molar-refractivity contribution in [3.63, 3.8) is 0 Å². The van der Waals surface area contributed by atoms with Crippen LogP contribution in [0.1, 0.15) is 29.8 Å². The molecule has 5 heteroatoms. The van der Waals surface area contributed by atoms with Crippen LogP contribution < -0.4 is 4.74 Å². The van der Waals surface area contributed by atoms with Crippen LogP contribution in [-0.4, -0.2) is 12.4 Å². The van der Waals surface area contributed by atoms with E-state index in [0.717, 1.165) is 6.07 Å². The van der Waals surface area contributed by atoms with E-state index in [1.165, 1.54) is 13.0 Å². The smallest absolute Gasteiger partial charge is 0.387 e. The lowest BCUT2D eigenvalue weighted by Crippen LogP contribution is -2.09. The van der Waals surface area contributed by atoms with Crippen LogP contribution in [0.5, 0.6) is 5.75 Å².